The van der Waals surface area contributed by atoms with Gasteiger partial charge in [0.25, 0.3) is 5.91 Å². The molecule has 1 aromatic rings. The molecule has 0 aliphatic carbocycles. The van der Waals surface area contributed by atoms with E-state index in [2.05, 4.69) is 4.74 Å². The number of halogens is 1. The van der Waals surface area contributed by atoms with Crippen molar-refractivity contribution >= 4 is 17.6 Å². The van der Waals surface area contributed by atoms with E-state index < -0.39 is 17.5 Å². The standard InChI is InChI=1S/C16H19FN2O3/c1-18-7-6-16(17)12(9-18)10-19(15(16)21)13-5-3-4-11(8-13)14(20)22-2/h3-5,8,12H,6-7,9-10H2,1-2H3/t12-,16+/m0/s1. The highest BCUT2D eigenvalue weighted by Crippen LogP contribution is 2.41. The smallest absolute Gasteiger partial charge is 0.337 e. The van der Waals surface area contributed by atoms with Crippen LogP contribution in [0.2, 0.25) is 0 Å². The van der Waals surface area contributed by atoms with Crippen LogP contribution in [0.25, 0.3) is 0 Å². The Morgan fingerprint density at radius 2 is 2.18 bits per heavy atom. The summed E-state index contributed by atoms with van der Waals surface area (Å²) in [6, 6.07) is 6.58. The highest BCUT2D eigenvalue weighted by molar-refractivity contribution is 6.03. The maximum atomic E-state index is 15.1. The highest BCUT2D eigenvalue weighted by atomic mass is 19.1. The van der Waals surface area contributed by atoms with Gasteiger partial charge in [-0.1, -0.05) is 6.07 Å². The zero-order chi connectivity index (χ0) is 15.9. The Balaban J connectivity index is 1.90. The number of likely N-dealkylation sites (tertiary alicyclic amines) is 1. The van der Waals surface area contributed by atoms with Crippen LogP contribution < -0.4 is 4.90 Å². The van der Waals surface area contributed by atoms with Crippen molar-refractivity contribution in [1.82, 2.24) is 4.90 Å². The molecule has 2 atom stereocenters. The van der Waals surface area contributed by atoms with Gasteiger partial charge in [0.05, 0.1) is 12.7 Å². The number of esters is 1. The fourth-order valence-corrected chi connectivity index (χ4v) is 3.32. The van der Waals surface area contributed by atoms with Crippen LogP contribution in [0.1, 0.15) is 16.8 Å². The summed E-state index contributed by atoms with van der Waals surface area (Å²) in [7, 11) is 3.24. The summed E-state index contributed by atoms with van der Waals surface area (Å²) in [5.41, 5.74) is -0.886. The van der Waals surface area contributed by atoms with Crippen molar-refractivity contribution in [2.45, 2.75) is 12.1 Å². The Kier molecular flexibility index (Phi) is 3.64. The van der Waals surface area contributed by atoms with E-state index in [9.17, 15) is 9.59 Å². The molecule has 1 aromatic carbocycles. The molecule has 0 bridgehead atoms. The molecule has 0 N–H and O–H groups in total. The van der Waals surface area contributed by atoms with Crippen LogP contribution in [-0.4, -0.2) is 56.2 Å². The number of piperidine rings is 1. The number of ether oxygens (including phenoxy) is 1. The van der Waals surface area contributed by atoms with Gasteiger partial charge in [0.1, 0.15) is 0 Å². The summed E-state index contributed by atoms with van der Waals surface area (Å²) < 4.78 is 19.8. The molecule has 2 aliphatic rings. The first-order valence-corrected chi connectivity index (χ1v) is 7.33. The second kappa shape index (κ2) is 5.35. The van der Waals surface area contributed by atoms with E-state index in [4.69, 9.17) is 0 Å². The molecule has 0 saturated carbocycles. The van der Waals surface area contributed by atoms with Gasteiger partial charge in [-0.2, -0.15) is 0 Å². The number of anilines is 1. The maximum Gasteiger partial charge on any atom is 0.337 e. The van der Waals surface area contributed by atoms with Gasteiger partial charge >= 0.3 is 5.97 Å². The van der Waals surface area contributed by atoms with Crippen LogP contribution in [0.3, 0.4) is 0 Å². The number of fused-ring (bicyclic) bond motifs is 1. The van der Waals surface area contributed by atoms with Gasteiger partial charge in [0.15, 0.2) is 5.67 Å². The summed E-state index contributed by atoms with van der Waals surface area (Å²) >= 11 is 0. The SMILES string of the molecule is COC(=O)c1cccc(N2C[C@@H]3CN(C)CC[C@]3(F)C2=O)c1. The van der Waals surface area contributed by atoms with Gasteiger partial charge in [-0.15, -0.1) is 0 Å². The van der Waals surface area contributed by atoms with Crippen molar-refractivity contribution in [1.29, 1.82) is 0 Å². The van der Waals surface area contributed by atoms with Gasteiger partial charge in [-0.05, 0) is 25.2 Å². The molecule has 5 nitrogen and oxygen atoms in total. The van der Waals surface area contributed by atoms with Gasteiger partial charge in [0.2, 0.25) is 0 Å². The highest BCUT2D eigenvalue weighted by Gasteiger charge is 2.56. The number of amides is 1. The molecule has 0 aromatic heterocycles. The van der Waals surface area contributed by atoms with E-state index in [0.717, 1.165) is 0 Å². The molecular weight excluding hydrogens is 287 g/mol. The van der Waals surface area contributed by atoms with Gasteiger partial charge in [0, 0.05) is 37.7 Å². The van der Waals surface area contributed by atoms with Gasteiger partial charge in [-0.3, -0.25) is 4.79 Å². The quantitative estimate of drug-likeness (QED) is 0.777. The first-order valence-electron chi connectivity index (χ1n) is 7.33. The Morgan fingerprint density at radius 1 is 1.41 bits per heavy atom. The molecule has 0 spiro atoms. The molecule has 0 radical (unpaired) electrons. The lowest BCUT2D eigenvalue weighted by molar-refractivity contribution is -0.131. The maximum absolute atomic E-state index is 15.1. The zero-order valence-electron chi connectivity index (χ0n) is 12.7. The number of nitrogens with zero attached hydrogens (tertiary/aromatic N) is 2. The average Bonchev–Trinajstić information content (AvgIpc) is 2.79. The molecule has 1 amide bonds. The Hall–Kier alpha value is -1.95. The third-order valence-electron chi connectivity index (χ3n) is 4.62. The Morgan fingerprint density at radius 3 is 2.91 bits per heavy atom. The molecule has 2 heterocycles. The number of carbonyl (C=O) groups is 2. The molecular formula is C16H19FN2O3. The lowest BCUT2D eigenvalue weighted by Gasteiger charge is -2.34. The number of alkyl halides is 1. The third kappa shape index (κ3) is 2.27. The van der Waals surface area contributed by atoms with Crippen molar-refractivity contribution in [2.24, 2.45) is 5.92 Å². The Labute approximate surface area is 128 Å². The predicted octanol–water partition coefficient (Wildman–Crippen LogP) is 1.48. The van der Waals surface area contributed by atoms with Crippen molar-refractivity contribution < 1.29 is 18.7 Å². The van der Waals surface area contributed by atoms with Crippen molar-refractivity contribution in [2.75, 3.05) is 38.7 Å². The minimum Gasteiger partial charge on any atom is -0.465 e. The molecule has 22 heavy (non-hydrogen) atoms. The van der Waals surface area contributed by atoms with E-state index in [1.807, 2.05) is 11.9 Å². The summed E-state index contributed by atoms with van der Waals surface area (Å²) in [5.74, 6) is -1.30. The number of hydrogen-bond acceptors (Lipinski definition) is 4. The van der Waals surface area contributed by atoms with Crippen molar-refractivity contribution in [3.8, 4) is 0 Å². The average molecular weight is 306 g/mol. The molecule has 2 fully saturated rings. The fraction of sp³-hybridized carbons (Fsp3) is 0.500. The monoisotopic (exact) mass is 306 g/mol. The van der Waals surface area contributed by atoms with E-state index in [1.165, 1.54) is 12.0 Å². The van der Waals surface area contributed by atoms with Crippen molar-refractivity contribution in [3.05, 3.63) is 29.8 Å². The molecule has 6 heteroatoms. The molecule has 3 rings (SSSR count). The van der Waals surface area contributed by atoms with Crippen LogP contribution in [0.5, 0.6) is 0 Å². The topological polar surface area (TPSA) is 49.9 Å². The van der Waals surface area contributed by atoms with Crippen LogP contribution in [0.4, 0.5) is 10.1 Å². The minimum atomic E-state index is -1.78. The predicted molar refractivity (Wildman–Crippen MR) is 79.6 cm³/mol. The van der Waals surface area contributed by atoms with Gasteiger partial charge in [-0.25, -0.2) is 9.18 Å². The van der Waals surface area contributed by atoms with E-state index in [1.54, 1.807) is 24.3 Å². The van der Waals surface area contributed by atoms with E-state index in [0.29, 0.717) is 30.9 Å². The van der Waals surface area contributed by atoms with Gasteiger partial charge < -0.3 is 14.5 Å². The lowest BCUT2D eigenvalue weighted by Crippen LogP contribution is -2.49. The molecule has 2 aliphatic heterocycles. The second-order valence-electron chi connectivity index (χ2n) is 6.03. The number of hydrogen-bond donors (Lipinski definition) is 0. The van der Waals surface area contributed by atoms with Crippen molar-refractivity contribution in [3.63, 3.8) is 0 Å². The minimum absolute atomic E-state index is 0.222. The summed E-state index contributed by atoms with van der Waals surface area (Å²) in [6.07, 6.45) is 0.222. The number of benzene rings is 1. The Bertz CT molecular complexity index is 621. The normalized spacial score (nSPS) is 28.6. The van der Waals surface area contributed by atoms with Crippen LogP contribution in [0, 0.1) is 5.92 Å². The number of rotatable bonds is 2. The number of carbonyl (C=O) groups excluding carboxylic acids is 2. The summed E-state index contributed by atoms with van der Waals surface area (Å²) in [4.78, 5) is 27.6. The van der Waals surface area contributed by atoms with Crippen LogP contribution >= 0.6 is 0 Å². The summed E-state index contributed by atoms with van der Waals surface area (Å²) in [5, 5.41) is 0. The largest absolute Gasteiger partial charge is 0.465 e. The first kappa shape index (κ1) is 15.0. The first-order chi connectivity index (χ1) is 10.5. The number of methoxy groups -OCH3 is 1. The third-order valence-corrected chi connectivity index (χ3v) is 4.62. The second-order valence-corrected chi connectivity index (χ2v) is 6.03. The lowest BCUT2D eigenvalue weighted by atomic mass is 9.85. The molecule has 0 unspecified atom stereocenters. The fourth-order valence-electron chi connectivity index (χ4n) is 3.32. The zero-order valence-corrected chi connectivity index (χ0v) is 12.7. The molecule has 2 saturated heterocycles. The van der Waals surface area contributed by atoms with E-state index in [-0.39, 0.29) is 12.3 Å². The van der Waals surface area contributed by atoms with E-state index >= 15 is 4.39 Å². The van der Waals surface area contributed by atoms with Crippen LogP contribution in [-0.2, 0) is 9.53 Å². The summed E-state index contributed by atoms with van der Waals surface area (Å²) in [6.45, 7) is 1.48. The van der Waals surface area contributed by atoms with Crippen LogP contribution in [0.15, 0.2) is 24.3 Å². The molecule has 118 valence electrons.